The highest BCUT2D eigenvalue weighted by atomic mass is 19.1. The van der Waals surface area contributed by atoms with Gasteiger partial charge in [-0.15, -0.1) is 0 Å². The standard InChI is InChI=1S/C34H46FN5O2.2C2H6/c1-25-11-13-27(14-12-25)23-31(38-34(41)15-17-36)26(2)39-19-21-40(22-20-39)32-9-6-8-30(35)29(32)24-37-18-16-28-7-4-5-10-33(28)42-3;2*1-2/h4-14,26,31,37H,15-24,36H2,1-3H3,(H,38,41);2*1-2H3. The molecule has 0 aromatic heterocycles. The Labute approximate surface area is 277 Å². The van der Waals surface area contributed by atoms with Crippen LogP contribution in [0.15, 0.2) is 66.7 Å². The maximum atomic E-state index is 15.1. The van der Waals surface area contributed by atoms with Crippen LogP contribution in [0, 0.1) is 12.7 Å². The van der Waals surface area contributed by atoms with Gasteiger partial charge in [-0.2, -0.15) is 0 Å². The van der Waals surface area contributed by atoms with E-state index in [1.54, 1.807) is 19.2 Å². The van der Waals surface area contributed by atoms with Gasteiger partial charge in [-0.1, -0.05) is 81.8 Å². The number of hydrogen-bond acceptors (Lipinski definition) is 6. The number of carbonyl (C=O) groups excluding carboxylic acids is 1. The molecule has 1 aliphatic heterocycles. The van der Waals surface area contributed by atoms with Gasteiger partial charge in [-0.25, -0.2) is 4.39 Å². The number of nitrogens with zero attached hydrogens (tertiary/aromatic N) is 2. The smallest absolute Gasteiger partial charge is 0.221 e. The number of anilines is 1. The highest BCUT2D eigenvalue weighted by Crippen LogP contribution is 2.26. The summed E-state index contributed by atoms with van der Waals surface area (Å²) in [5, 5.41) is 6.68. The third-order valence-electron chi connectivity index (χ3n) is 8.27. The Bertz CT molecular complexity index is 1280. The fraction of sp³-hybridized carbons (Fsp3) is 0.500. The summed E-state index contributed by atoms with van der Waals surface area (Å²) in [5.74, 6) is 0.676. The van der Waals surface area contributed by atoms with Crippen molar-refractivity contribution in [2.75, 3.05) is 51.3 Å². The third-order valence-corrected chi connectivity index (χ3v) is 8.27. The van der Waals surface area contributed by atoms with Gasteiger partial charge in [-0.3, -0.25) is 9.69 Å². The lowest BCUT2D eigenvalue weighted by molar-refractivity contribution is -0.122. The molecule has 4 N–H and O–H groups in total. The van der Waals surface area contributed by atoms with E-state index in [-0.39, 0.29) is 23.8 Å². The second-order valence-electron chi connectivity index (χ2n) is 11.1. The molecule has 7 nitrogen and oxygen atoms in total. The number of carbonyl (C=O) groups is 1. The van der Waals surface area contributed by atoms with E-state index in [4.69, 9.17) is 10.5 Å². The van der Waals surface area contributed by atoms with Gasteiger partial charge in [0, 0.05) is 69.0 Å². The highest BCUT2D eigenvalue weighted by Gasteiger charge is 2.29. The van der Waals surface area contributed by atoms with Crippen molar-refractivity contribution in [3.8, 4) is 5.75 Å². The van der Waals surface area contributed by atoms with Gasteiger partial charge in [0.2, 0.25) is 5.91 Å². The molecule has 0 radical (unpaired) electrons. The number of halogens is 1. The fourth-order valence-electron chi connectivity index (χ4n) is 5.72. The zero-order chi connectivity index (χ0) is 33.9. The molecular formula is C38H58FN5O2. The van der Waals surface area contributed by atoms with Crippen LogP contribution in [0.4, 0.5) is 10.1 Å². The van der Waals surface area contributed by atoms with Crippen molar-refractivity contribution in [3.63, 3.8) is 0 Å². The molecule has 8 heteroatoms. The van der Waals surface area contributed by atoms with Crippen LogP contribution in [-0.4, -0.2) is 69.3 Å². The summed E-state index contributed by atoms with van der Waals surface area (Å²) in [4.78, 5) is 17.3. The summed E-state index contributed by atoms with van der Waals surface area (Å²) in [6.45, 7) is 17.0. The Kier molecular flexibility index (Phi) is 18.0. The summed E-state index contributed by atoms with van der Waals surface area (Å²) in [5.41, 5.74) is 10.8. The molecule has 2 unspecified atom stereocenters. The number of para-hydroxylation sites is 1. The van der Waals surface area contributed by atoms with Gasteiger partial charge in [0.1, 0.15) is 11.6 Å². The van der Waals surface area contributed by atoms with Gasteiger partial charge in [-0.05, 0) is 62.6 Å². The summed E-state index contributed by atoms with van der Waals surface area (Å²) in [6.07, 6.45) is 1.88. The van der Waals surface area contributed by atoms with Gasteiger partial charge in [0.15, 0.2) is 0 Å². The van der Waals surface area contributed by atoms with E-state index < -0.39 is 0 Å². The SMILES string of the molecule is CC.CC.COc1ccccc1CCNCc1c(F)cccc1N1CCN(C(C)C(Cc2ccc(C)cc2)NC(=O)CCN)CC1. The quantitative estimate of drug-likeness (QED) is 0.185. The number of methoxy groups -OCH3 is 1. The molecule has 46 heavy (non-hydrogen) atoms. The van der Waals surface area contributed by atoms with E-state index in [9.17, 15) is 4.79 Å². The van der Waals surface area contributed by atoms with E-state index in [0.29, 0.717) is 25.1 Å². The Balaban J connectivity index is 0.00000177. The maximum absolute atomic E-state index is 15.1. The van der Waals surface area contributed by atoms with Crippen molar-refractivity contribution in [2.45, 2.75) is 79.4 Å². The molecule has 1 fully saturated rings. The molecule has 0 saturated carbocycles. The topological polar surface area (TPSA) is 82.9 Å². The lowest BCUT2D eigenvalue weighted by Crippen LogP contribution is -2.57. The number of aryl methyl sites for hydroxylation is 1. The first kappa shape index (κ1) is 38.7. The minimum Gasteiger partial charge on any atom is -0.496 e. The van der Waals surface area contributed by atoms with Crippen LogP contribution in [-0.2, 0) is 24.2 Å². The number of nitrogens with one attached hydrogen (secondary N) is 2. The predicted molar refractivity (Wildman–Crippen MR) is 191 cm³/mol. The van der Waals surface area contributed by atoms with Crippen LogP contribution in [0.1, 0.15) is 63.3 Å². The van der Waals surface area contributed by atoms with Crippen molar-refractivity contribution in [2.24, 2.45) is 5.73 Å². The van der Waals surface area contributed by atoms with Crippen molar-refractivity contribution in [3.05, 3.63) is 94.8 Å². The molecule has 0 aliphatic carbocycles. The number of nitrogens with two attached hydrogens (primary N) is 1. The summed E-state index contributed by atoms with van der Waals surface area (Å²) in [6, 6.07) is 22.0. The minimum absolute atomic E-state index is 0.0114. The van der Waals surface area contributed by atoms with Crippen molar-refractivity contribution >= 4 is 11.6 Å². The van der Waals surface area contributed by atoms with E-state index >= 15 is 4.39 Å². The number of hydrogen-bond donors (Lipinski definition) is 3. The van der Waals surface area contributed by atoms with Gasteiger partial charge in [0.05, 0.1) is 7.11 Å². The van der Waals surface area contributed by atoms with Crippen LogP contribution in [0.2, 0.25) is 0 Å². The second kappa shape index (κ2) is 21.4. The Morgan fingerprint density at radius 2 is 1.63 bits per heavy atom. The normalized spacial score (nSPS) is 14.2. The molecule has 3 aromatic carbocycles. The molecule has 254 valence electrons. The zero-order valence-electron chi connectivity index (χ0n) is 29.2. The van der Waals surface area contributed by atoms with Gasteiger partial charge >= 0.3 is 0 Å². The van der Waals surface area contributed by atoms with Crippen LogP contribution >= 0.6 is 0 Å². The maximum Gasteiger partial charge on any atom is 0.221 e. The fourth-order valence-corrected chi connectivity index (χ4v) is 5.72. The van der Waals surface area contributed by atoms with E-state index in [1.165, 1.54) is 11.1 Å². The van der Waals surface area contributed by atoms with E-state index in [2.05, 4.69) is 64.6 Å². The Morgan fingerprint density at radius 3 is 2.28 bits per heavy atom. The first-order chi connectivity index (χ1) is 22.4. The summed E-state index contributed by atoms with van der Waals surface area (Å²) >= 11 is 0. The van der Waals surface area contributed by atoms with Crippen molar-refractivity contribution < 1.29 is 13.9 Å². The number of benzene rings is 3. The van der Waals surface area contributed by atoms with Crippen molar-refractivity contribution in [1.82, 2.24) is 15.5 Å². The highest BCUT2D eigenvalue weighted by molar-refractivity contribution is 5.76. The summed E-state index contributed by atoms with van der Waals surface area (Å²) < 4.78 is 20.5. The minimum atomic E-state index is -0.186. The predicted octanol–water partition coefficient (Wildman–Crippen LogP) is 6.11. The first-order valence-corrected chi connectivity index (χ1v) is 17.0. The number of ether oxygens (including phenoxy) is 1. The van der Waals surface area contributed by atoms with Gasteiger partial charge < -0.3 is 26.0 Å². The average molecular weight is 636 g/mol. The Morgan fingerprint density at radius 1 is 0.957 bits per heavy atom. The molecule has 1 heterocycles. The molecule has 1 aliphatic rings. The first-order valence-electron chi connectivity index (χ1n) is 17.0. The number of amides is 1. The number of rotatable bonds is 14. The molecule has 4 rings (SSSR count). The lowest BCUT2D eigenvalue weighted by atomic mass is 9.97. The van der Waals surface area contributed by atoms with Crippen LogP contribution in [0.25, 0.3) is 0 Å². The average Bonchev–Trinajstić information content (AvgIpc) is 3.09. The third kappa shape index (κ3) is 11.7. The zero-order valence-corrected chi connectivity index (χ0v) is 29.2. The lowest BCUT2D eigenvalue weighted by Gasteiger charge is -2.42. The van der Waals surface area contributed by atoms with Gasteiger partial charge in [0.25, 0.3) is 0 Å². The Hall–Kier alpha value is -3.46. The molecule has 3 aromatic rings. The molecular weight excluding hydrogens is 577 g/mol. The molecule has 1 amide bonds. The van der Waals surface area contributed by atoms with Crippen LogP contribution in [0.3, 0.4) is 0 Å². The van der Waals surface area contributed by atoms with E-state index in [0.717, 1.165) is 62.6 Å². The molecule has 0 spiro atoms. The van der Waals surface area contributed by atoms with E-state index in [1.807, 2.05) is 52.0 Å². The van der Waals surface area contributed by atoms with Crippen molar-refractivity contribution in [1.29, 1.82) is 0 Å². The van der Waals surface area contributed by atoms with Crippen LogP contribution < -0.4 is 26.0 Å². The van der Waals surface area contributed by atoms with Crippen LogP contribution in [0.5, 0.6) is 5.75 Å². The number of piperazine rings is 1. The molecule has 0 bridgehead atoms. The molecule has 2 atom stereocenters. The largest absolute Gasteiger partial charge is 0.496 e. The second-order valence-corrected chi connectivity index (χ2v) is 11.1. The molecule has 1 saturated heterocycles. The summed E-state index contributed by atoms with van der Waals surface area (Å²) in [7, 11) is 1.68. The monoisotopic (exact) mass is 635 g/mol.